The van der Waals surface area contributed by atoms with Crippen LogP contribution in [0.4, 0.5) is 0 Å². The number of ether oxygens (including phenoxy) is 1. The number of amides is 1. The second-order valence-electron chi connectivity index (χ2n) is 6.21. The number of likely N-dealkylation sites (tertiary alicyclic amines) is 1. The predicted octanol–water partition coefficient (Wildman–Crippen LogP) is 3.29. The average molecular weight is 355 g/mol. The molecular weight excluding hydrogens is 324 g/mol. The number of nitrogens with one attached hydrogen (secondary N) is 1. The Labute approximate surface area is 152 Å². The number of aryl methyl sites for hydroxylation is 1. The van der Waals surface area contributed by atoms with E-state index in [9.17, 15) is 4.79 Å². The second kappa shape index (κ2) is 11.3. The number of hydrogen-bond acceptors (Lipinski definition) is 3. The molecule has 1 aromatic rings. The van der Waals surface area contributed by atoms with Gasteiger partial charge in [-0.3, -0.25) is 4.79 Å². The lowest BCUT2D eigenvalue weighted by atomic mass is 9.96. The third-order valence-corrected chi connectivity index (χ3v) is 4.51. The number of nitrogens with zero attached hydrogens (tertiary/aromatic N) is 1. The third-order valence-electron chi connectivity index (χ3n) is 4.51. The fourth-order valence-corrected chi connectivity index (χ4v) is 3.06. The molecule has 2 rings (SSSR count). The smallest absolute Gasteiger partial charge is 0.222 e. The van der Waals surface area contributed by atoms with Crippen molar-refractivity contribution < 1.29 is 9.53 Å². The first-order valence-corrected chi connectivity index (χ1v) is 8.93. The molecule has 0 atom stereocenters. The molecule has 0 spiro atoms. The van der Waals surface area contributed by atoms with Gasteiger partial charge in [0.2, 0.25) is 5.91 Å². The molecule has 1 aromatic carbocycles. The first-order chi connectivity index (χ1) is 11.2. The van der Waals surface area contributed by atoms with Gasteiger partial charge in [-0.15, -0.1) is 12.4 Å². The molecule has 5 heteroatoms. The van der Waals surface area contributed by atoms with Crippen molar-refractivity contribution >= 4 is 18.3 Å². The highest BCUT2D eigenvalue weighted by molar-refractivity contribution is 5.85. The summed E-state index contributed by atoms with van der Waals surface area (Å²) in [7, 11) is 0. The molecule has 0 unspecified atom stereocenters. The summed E-state index contributed by atoms with van der Waals surface area (Å²) in [5.74, 6) is 1.91. The minimum absolute atomic E-state index is 0. The van der Waals surface area contributed by atoms with Gasteiger partial charge in [0, 0.05) is 19.5 Å². The molecule has 1 aliphatic rings. The molecule has 136 valence electrons. The molecular formula is C19H31ClN2O2. The Morgan fingerprint density at radius 2 is 1.88 bits per heavy atom. The fourth-order valence-electron chi connectivity index (χ4n) is 3.06. The molecule has 0 aromatic heterocycles. The molecule has 1 heterocycles. The van der Waals surface area contributed by atoms with Crippen molar-refractivity contribution in [2.75, 3.05) is 32.8 Å². The Hall–Kier alpha value is -1.26. The van der Waals surface area contributed by atoms with Crippen LogP contribution in [-0.4, -0.2) is 43.6 Å². The maximum absolute atomic E-state index is 12.3. The van der Waals surface area contributed by atoms with E-state index in [0.717, 1.165) is 57.1 Å². The number of piperidine rings is 1. The maximum Gasteiger partial charge on any atom is 0.222 e. The van der Waals surface area contributed by atoms with Gasteiger partial charge >= 0.3 is 0 Å². The van der Waals surface area contributed by atoms with E-state index >= 15 is 0 Å². The van der Waals surface area contributed by atoms with Gasteiger partial charge in [0.05, 0.1) is 6.61 Å². The average Bonchev–Trinajstić information content (AvgIpc) is 2.60. The lowest BCUT2D eigenvalue weighted by molar-refractivity contribution is -0.132. The quantitative estimate of drug-likeness (QED) is 0.778. The number of rotatable bonds is 8. The number of carbonyl (C=O) groups is 1. The molecule has 0 bridgehead atoms. The molecule has 1 amide bonds. The summed E-state index contributed by atoms with van der Waals surface area (Å²) >= 11 is 0. The van der Waals surface area contributed by atoms with Crippen LogP contribution in [0.5, 0.6) is 5.75 Å². The van der Waals surface area contributed by atoms with Crippen LogP contribution in [0.15, 0.2) is 24.3 Å². The van der Waals surface area contributed by atoms with Crippen LogP contribution < -0.4 is 10.1 Å². The van der Waals surface area contributed by atoms with E-state index in [-0.39, 0.29) is 12.4 Å². The molecule has 0 radical (unpaired) electrons. The Morgan fingerprint density at radius 1 is 1.21 bits per heavy atom. The summed E-state index contributed by atoms with van der Waals surface area (Å²) in [4.78, 5) is 14.4. The van der Waals surface area contributed by atoms with Crippen LogP contribution in [0, 0.1) is 5.92 Å². The summed E-state index contributed by atoms with van der Waals surface area (Å²) in [6.45, 7) is 8.75. The largest absolute Gasteiger partial charge is 0.494 e. The zero-order valence-electron chi connectivity index (χ0n) is 14.9. The van der Waals surface area contributed by atoms with Crippen LogP contribution in [0.25, 0.3) is 0 Å². The highest BCUT2D eigenvalue weighted by atomic mass is 35.5. The summed E-state index contributed by atoms with van der Waals surface area (Å²) < 4.78 is 5.44. The van der Waals surface area contributed by atoms with E-state index in [1.165, 1.54) is 5.56 Å². The first-order valence-electron chi connectivity index (χ1n) is 8.93. The monoisotopic (exact) mass is 354 g/mol. The normalized spacial score (nSPS) is 15.0. The number of carbonyl (C=O) groups excluding carboxylic acids is 1. The van der Waals surface area contributed by atoms with E-state index in [4.69, 9.17) is 4.74 Å². The molecule has 1 N–H and O–H groups in total. The predicted molar refractivity (Wildman–Crippen MR) is 101 cm³/mol. The lowest BCUT2D eigenvalue weighted by Gasteiger charge is -2.32. The molecule has 1 saturated heterocycles. The SMILES string of the molecule is CCNCC1CCN(C(=O)CCc2ccc(OCC)cc2)CC1.Cl. The van der Waals surface area contributed by atoms with E-state index in [1.807, 2.05) is 24.0 Å². The maximum atomic E-state index is 12.3. The second-order valence-corrected chi connectivity index (χ2v) is 6.21. The highest BCUT2D eigenvalue weighted by Crippen LogP contribution is 2.18. The number of benzene rings is 1. The van der Waals surface area contributed by atoms with Crippen molar-refractivity contribution in [3.8, 4) is 5.75 Å². The lowest BCUT2D eigenvalue weighted by Crippen LogP contribution is -2.40. The number of hydrogen-bond donors (Lipinski definition) is 1. The molecule has 0 aliphatic carbocycles. The van der Waals surface area contributed by atoms with Gasteiger partial charge in [-0.1, -0.05) is 19.1 Å². The van der Waals surface area contributed by atoms with Crippen LogP contribution in [0.1, 0.15) is 38.7 Å². The zero-order valence-corrected chi connectivity index (χ0v) is 15.7. The van der Waals surface area contributed by atoms with E-state index in [1.54, 1.807) is 0 Å². The van der Waals surface area contributed by atoms with Crippen molar-refractivity contribution in [3.63, 3.8) is 0 Å². The summed E-state index contributed by atoms with van der Waals surface area (Å²) in [5, 5.41) is 3.41. The standard InChI is InChI=1S/C19H30N2O2.ClH/c1-3-20-15-17-11-13-21(14-12-17)19(22)10-7-16-5-8-18(9-6-16)23-4-2;/h5-6,8-9,17,20H,3-4,7,10-15H2,1-2H3;1H. The van der Waals surface area contributed by atoms with Crippen molar-refractivity contribution in [2.45, 2.75) is 39.5 Å². The first kappa shape index (κ1) is 20.8. The molecule has 1 aliphatic heterocycles. The van der Waals surface area contributed by atoms with Crippen LogP contribution in [0.3, 0.4) is 0 Å². The molecule has 1 fully saturated rings. The topological polar surface area (TPSA) is 41.6 Å². The zero-order chi connectivity index (χ0) is 16.5. The van der Waals surface area contributed by atoms with Gasteiger partial charge in [0.15, 0.2) is 0 Å². The van der Waals surface area contributed by atoms with Crippen molar-refractivity contribution in [2.24, 2.45) is 5.92 Å². The van der Waals surface area contributed by atoms with Crippen LogP contribution >= 0.6 is 12.4 Å². The number of halogens is 1. The van der Waals surface area contributed by atoms with Crippen molar-refractivity contribution in [1.82, 2.24) is 10.2 Å². The van der Waals surface area contributed by atoms with Gasteiger partial charge < -0.3 is 15.0 Å². The Balaban J connectivity index is 0.00000288. The van der Waals surface area contributed by atoms with Gasteiger partial charge in [0.25, 0.3) is 0 Å². The van der Waals surface area contributed by atoms with Gasteiger partial charge in [0.1, 0.15) is 5.75 Å². The third kappa shape index (κ3) is 6.70. The Bertz CT molecular complexity index is 471. The minimum Gasteiger partial charge on any atom is -0.494 e. The van der Waals surface area contributed by atoms with Crippen molar-refractivity contribution in [3.05, 3.63) is 29.8 Å². The van der Waals surface area contributed by atoms with E-state index in [0.29, 0.717) is 18.9 Å². The van der Waals surface area contributed by atoms with Gasteiger partial charge in [-0.25, -0.2) is 0 Å². The minimum atomic E-state index is 0. The van der Waals surface area contributed by atoms with Gasteiger partial charge in [-0.05, 0) is 62.9 Å². The summed E-state index contributed by atoms with van der Waals surface area (Å²) in [6, 6.07) is 8.08. The molecule has 0 saturated carbocycles. The molecule has 24 heavy (non-hydrogen) atoms. The van der Waals surface area contributed by atoms with Crippen molar-refractivity contribution in [1.29, 1.82) is 0 Å². The Morgan fingerprint density at radius 3 is 2.46 bits per heavy atom. The van der Waals surface area contributed by atoms with Crippen LogP contribution in [-0.2, 0) is 11.2 Å². The van der Waals surface area contributed by atoms with Gasteiger partial charge in [-0.2, -0.15) is 0 Å². The van der Waals surface area contributed by atoms with Crippen LogP contribution in [0.2, 0.25) is 0 Å². The molecule has 4 nitrogen and oxygen atoms in total. The van der Waals surface area contributed by atoms with E-state index < -0.39 is 0 Å². The fraction of sp³-hybridized carbons (Fsp3) is 0.632. The highest BCUT2D eigenvalue weighted by Gasteiger charge is 2.22. The van der Waals surface area contributed by atoms with E-state index in [2.05, 4.69) is 24.4 Å². The summed E-state index contributed by atoms with van der Waals surface area (Å²) in [6.07, 6.45) is 3.66. The summed E-state index contributed by atoms with van der Waals surface area (Å²) in [5.41, 5.74) is 1.20. The Kier molecular flexibility index (Phi) is 9.80.